The number of aromatic hydroxyl groups is 1. The molecule has 0 radical (unpaired) electrons. The van der Waals surface area contributed by atoms with E-state index in [1.807, 2.05) is 0 Å². The number of ketones is 1. The summed E-state index contributed by atoms with van der Waals surface area (Å²) in [6.07, 6.45) is 1.70. The van der Waals surface area contributed by atoms with Crippen LogP contribution in [-0.4, -0.2) is 31.1 Å². The zero-order valence-electron chi connectivity index (χ0n) is 18.0. The number of fused-ring (bicyclic) bond motifs is 3. The predicted molar refractivity (Wildman–Crippen MR) is 119 cm³/mol. The van der Waals surface area contributed by atoms with Crippen LogP contribution in [0.4, 0.5) is 0 Å². The van der Waals surface area contributed by atoms with E-state index in [1.54, 1.807) is 67.8 Å². The maximum Gasteiger partial charge on any atom is 0.312 e. The van der Waals surface area contributed by atoms with Gasteiger partial charge in [0, 0.05) is 17.0 Å². The number of methoxy groups -OCH3 is 2. The molecule has 2 aliphatic heterocycles. The first-order valence-corrected chi connectivity index (χ1v) is 10.3. The van der Waals surface area contributed by atoms with Crippen molar-refractivity contribution in [3.63, 3.8) is 0 Å². The molecule has 5 rings (SSSR count). The monoisotopic (exact) mass is 444 g/mol. The van der Waals surface area contributed by atoms with Crippen LogP contribution >= 0.6 is 0 Å². The van der Waals surface area contributed by atoms with Gasteiger partial charge in [-0.05, 0) is 42.0 Å². The number of rotatable bonds is 4. The molecule has 2 heterocycles. The van der Waals surface area contributed by atoms with Crippen molar-refractivity contribution < 1.29 is 33.6 Å². The third-order valence-electron chi connectivity index (χ3n) is 5.80. The second-order valence-electron chi connectivity index (χ2n) is 7.70. The number of hydrogen-bond acceptors (Lipinski definition) is 7. The molecule has 33 heavy (non-hydrogen) atoms. The number of phenols is 1. The second kappa shape index (κ2) is 8.02. The van der Waals surface area contributed by atoms with E-state index in [9.17, 15) is 14.7 Å². The van der Waals surface area contributed by atoms with Crippen molar-refractivity contribution in [2.45, 2.75) is 12.3 Å². The Kier molecular flexibility index (Phi) is 5.01. The molecule has 0 bridgehead atoms. The predicted octanol–water partition coefficient (Wildman–Crippen LogP) is 4.47. The zero-order valence-corrected chi connectivity index (χ0v) is 18.0. The number of esters is 1. The summed E-state index contributed by atoms with van der Waals surface area (Å²) in [6.45, 7) is 0. The van der Waals surface area contributed by atoms with Gasteiger partial charge in [-0.25, -0.2) is 0 Å². The average molecular weight is 444 g/mol. The van der Waals surface area contributed by atoms with Gasteiger partial charge < -0.3 is 24.1 Å². The summed E-state index contributed by atoms with van der Waals surface area (Å²) in [5, 5.41) is 9.66. The van der Waals surface area contributed by atoms with Gasteiger partial charge in [0.1, 0.15) is 17.2 Å². The maximum absolute atomic E-state index is 13.2. The van der Waals surface area contributed by atoms with E-state index in [0.29, 0.717) is 39.7 Å². The first kappa shape index (κ1) is 20.6. The lowest BCUT2D eigenvalue weighted by Gasteiger charge is -2.26. The van der Waals surface area contributed by atoms with E-state index < -0.39 is 0 Å². The summed E-state index contributed by atoms with van der Waals surface area (Å²) in [5.74, 6) is 0.971. The minimum Gasteiger partial charge on any atom is -0.508 e. The van der Waals surface area contributed by atoms with Crippen molar-refractivity contribution in [2.75, 3.05) is 14.2 Å². The first-order valence-electron chi connectivity index (χ1n) is 10.3. The highest BCUT2D eigenvalue weighted by Gasteiger charge is 2.38. The summed E-state index contributed by atoms with van der Waals surface area (Å²) < 4.78 is 22.3. The van der Waals surface area contributed by atoms with Gasteiger partial charge in [-0.3, -0.25) is 9.59 Å². The van der Waals surface area contributed by atoms with Crippen LogP contribution in [0.2, 0.25) is 0 Å². The Morgan fingerprint density at radius 2 is 1.76 bits per heavy atom. The normalized spacial score (nSPS) is 17.8. The molecule has 0 fully saturated rings. The van der Waals surface area contributed by atoms with Gasteiger partial charge in [0.05, 0.1) is 26.2 Å². The third kappa shape index (κ3) is 3.47. The van der Waals surface area contributed by atoms with Crippen LogP contribution in [0.25, 0.3) is 6.08 Å². The van der Waals surface area contributed by atoms with Crippen molar-refractivity contribution in [1.29, 1.82) is 0 Å². The second-order valence-corrected chi connectivity index (χ2v) is 7.70. The van der Waals surface area contributed by atoms with E-state index >= 15 is 0 Å². The highest BCUT2D eigenvalue weighted by atomic mass is 16.5. The van der Waals surface area contributed by atoms with E-state index in [2.05, 4.69) is 0 Å². The fraction of sp³-hybridized carbons (Fsp3) is 0.154. The molecule has 2 aliphatic rings. The van der Waals surface area contributed by atoms with E-state index in [1.165, 1.54) is 7.11 Å². The van der Waals surface area contributed by atoms with Gasteiger partial charge >= 0.3 is 5.97 Å². The SMILES string of the molecule is COc1cccc(/C=C2\Oc3c(ccc4c3C(c3ccc(O)cc3)CC(=O)O4)C2=O)c1OC. The lowest BCUT2D eigenvalue weighted by atomic mass is 9.84. The number of hydrogen-bond donors (Lipinski definition) is 1. The Bertz CT molecular complexity index is 1300. The minimum absolute atomic E-state index is 0.0918. The Labute approximate surface area is 189 Å². The topological polar surface area (TPSA) is 91.3 Å². The van der Waals surface area contributed by atoms with E-state index in [0.717, 1.165) is 5.56 Å². The number of ether oxygens (including phenoxy) is 4. The Hall–Kier alpha value is -4.26. The van der Waals surface area contributed by atoms with Crippen LogP contribution in [0.15, 0.2) is 60.4 Å². The molecule has 0 saturated heterocycles. The molecule has 0 saturated carbocycles. The van der Waals surface area contributed by atoms with Crippen LogP contribution in [0.5, 0.6) is 28.7 Å². The van der Waals surface area contributed by atoms with Crippen LogP contribution < -0.4 is 18.9 Å². The number of Topliss-reactive ketones (excluding diaryl/α,β-unsaturated/α-hetero) is 1. The number of allylic oxidation sites excluding steroid dienone is 1. The maximum atomic E-state index is 13.2. The van der Waals surface area contributed by atoms with Crippen molar-refractivity contribution in [3.05, 3.63) is 82.6 Å². The molecule has 3 aromatic carbocycles. The molecule has 0 spiro atoms. The number of carbonyl (C=O) groups is 2. The van der Waals surface area contributed by atoms with Gasteiger partial charge in [-0.2, -0.15) is 0 Å². The largest absolute Gasteiger partial charge is 0.508 e. The minimum atomic E-state index is -0.379. The van der Waals surface area contributed by atoms with Gasteiger partial charge in [0.25, 0.3) is 0 Å². The van der Waals surface area contributed by atoms with E-state index in [-0.39, 0.29) is 35.6 Å². The Balaban J connectivity index is 1.61. The zero-order chi connectivity index (χ0) is 23.1. The molecule has 1 atom stereocenters. The summed E-state index contributed by atoms with van der Waals surface area (Å²) >= 11 is 0. The van der Waals surface area contributed by atoms with Crippen LogP contribution in [0, 0.1) is 0 Å². The fourth-order valence-electron chi connectivity index (χ4n) is 4.26. The molecular formula is C26H20O7. The highest BCUT2D eigenvalue weighted by Crippen LogP contribution is 2.49. The van der Waals surface area contributed by atoms with Gasteiger partial charge in [0.2, 0.25) is 5.78 Å². The van der Waals surface area contributed by atoms with Gasteiger partial charge in [-0.1, -0.05) is 24.3 Å². The average Bonchev–Trinajstić information content (AvgIpc) is 3.13. The van der Waals surface area contributed by atoms with Gasteiger partial charge in [-0.15, -0.1) is 0 Å². The van der Waals surface area contributed by atoms with Crippen LogP contribution in [-0.2, 0) is 4.79 Å². The van der Waals surface area contributed by atoms with Crippen molar-refractivity contribution >= 4 is 17.8 Å². The number of benzene rings is 3. The molecule has 0 aromatic heterocycles. The molecule has 0 amide bonds. The molecular weight excluding hydrogens is 424 g/mol. The Morgan fingerprint density at radius 1 is 0.970 bits per heavy atom. The summed E-state index contributed by atoms with van der Waals surface area (Å²) in [6, 6.07) is 15.2. The van der Waals surface area contributed by atoms with Crippen LogP contribution in [0.1, 0.15) is 39.4 Å². The summed E-state index contributed by atoms with van der Waals surface area (Å²) in [7, 11) is 3.07. The number of phenolic OH excluding ortho intramolecular Hbond substituents is 1. The van der Waals surface area contributed by atoms with Crippen LogP contribution in [0.3, 0.4) is 0 Å². The summed E-state index contributed by atoms with van der Waals surface area (Å²) in [4.78, 5) is 25.4. The standard InChI is InChI=1S/C26H20O7/c1-30-20-5-3-4-15(25(20)31-2)12-21-24(29)17-10-11-19-23(26(17)33-21)18(13-22(28)32-19)14-6-8-16(27)9-7-14/h3-12,18,27H,13H2,1-2H3/b21-12-. The van der Waals surface area contributed by atoms with Crippen molar-refractivity contribution in [3.8, 4) is 28.7 Å². The first-order chi connectivity index (χ1) is 16.0. The highest BCUT2D eigenvalue weighted by molar-refractivity contribution is 6.15. The quantitative estimate of drug-likeness (QED) is 0.361. The summed E-state index contributed by atoms with van der Waals surface area (Å²) in [5.41, 5.74) is 2.46. The smallest absolute Gasteiger partial charge is 0.312 e. The molecule has 0 aliphatic carbocycles. The molecule has 3 aromatic rings. The van der Waals surface area contributed by atoms with Gasteiger partial charge in [0.15, 0.2) is 17.3 Å². The Morgan fingerprint density at radius 3 is 2.48 bits per heavy atom. The number of para-hydroxylation sites is 1. The molecule has 1 N–H and O–H groups in total. The number of carbonyl (C=O) groups excluding carboxylic acids is 2. The molecule has 1 unspecified atom stereocenters. The molecule has 166 valence electrons. The third-order valence-corrected chi connectivity index (χ3v) is 5.80. The fourth-order valence-corrected chi connectivity index (χ4v) is 4.26. The lowest BCUT2D eigenvalue weighted by molar-refractivity contribution is -0.135. The van der Waals surface area contributed by atoms with E-state index in [4.69, 9.17) is 18.9 Å². The van der Waals surface area contributed by atoms with Crippen molar-refractivity contribution in [1.82, 2.24) is 0 Å². The molecule has 7 heteroatoms. The molecule has 7 nitrogen and oxygen atoms in total. The van der Waals surface area contributed by atoms with Crippen molar-refractivity contribution in [2.24, 2.45) is 0 Å². The lowest BCUT2D eigenvalue weighted by Crippen LogP contribution is -2.21.